The van der Waals surface area contributed by atoms with Gasteiger partial charge in [-0.25, -0.2) is 13.1 Å². The number of nitrogens with zero attached hydrogens (tertiary/aromatic N) is 2. The highest BCUT2D eigenvalue weighted by Crippen LogP contribution is 2.24. The van der Waals surface area contributed by atoms with Crippen LogP contribution in [-0.4, -0.2) is 45.0 Å². The van der Waals surface area contributed by atoms with Gasteiger partial charge in [-0.3, -0.25) is 4.79 Å². The average molecular weight is 476 g/mol. The molecule has 32 heavy (non-hydrogen) atoms. The van der Waals surface area contributed by atoms with E-state index >= 15 is 0 Å². The second-order valence-electron chi connectivity index (χ2n) is 7.67. The summed E-state index contributed by atoms with van der Waals surface area (Å²) in [7, 11) is -3.90. The summed E-state index contributed by atoms with van der Waals surface area (Å²) < 4.78 is 33.7. The lowest BCUT2D eigenvalue weighted by atomic mass is 10.1. The zero-order valence-corrected chi connectivity index (χ0v) is 19.5. The van der Waals surface area contributed by atoms with E-state index in [4.69, 9.17) is 21.6 Å². The van der Waals surface area contributed by atoms with Crippen molar-refractivity contribution in [1.29, 1.82) is 5.26 Å². The molecule has 1 unspecified atom stereocenters. The van der Waals surface area contributed by atoms with Gasteiger partial charge < -0.3 is 9.64 Å². The van der Waals surface area contributed by atoms with Crippen LogP contribution >= 0.6 is 11.6 Å². The normalized spacial score (nSPS) is 16.0. The summed E-state index contributed by atoms with van der Waals surface area (Å²) in [5.41, 5.74) is 1.67. The number of carbonyl (C=O) groups is 1. The number of ether oxygens (including phenoxy) is 1. The Balaban J connectivity index is 1.80. The monoisotopic (exact) mass is 475 g/mol. The number of carbonyl (C=O) groups excluding carboxylic acids is 1. The van der Waals surface area contributed by atoms with Crippen molar-refractivity contribution in [2.24, 2.45) is 0 Å². The van der Waals surface area contributed by atoms with E-state index in [0.29, 0.717) is 25.3 Å². The fourth-order valence-corrected chi connectivity index (χ4v) is 5.13. The second kappa shape index (κ2) is 10.9. The minimum absolute atomic E-state index is 0.0514. The Morgan fingerprint density at radius 1 is 1.28 bits per heavy atom. The minimum atomic E-state index is -3.90. The van der Waals surface area contributed by atoms with Crippen LogP contribution in [0.1, 0.15) is 47.7 Å². The smallest absolute Gasteiger partial charge is 0.254 e. The lowest BCUT2D eigenvalue weighted by Gasteiger charge is -2.23. The van der Waals surface area contributed by atoms with Gasteiger partial charge in [-0.1, -0.05) is 30.7 Å². The predicted octanol–water partition coefficient (Wildman–Crippen LogP) is 3.72. The number of nitrogens with one attached hydrogen (secondary N) is 1. The molecule has 0 spiro atoms. The minimum Gasteiger partial charge on any atom is -0.377 e. The van der Waals surface area contributed by atoms with Gasteiger partial charge in [0.2, 0.25) is 10.0 Å². The molecule has 1 aliphatic rings. The number of rotatable bonds is 9. The topological polar surface area (TPSA) is 99.5 Å². The summed E-state index contributed by atoms with van der Waals surface area (Å²) in [6.07, 6.45) is 2.30. The Morgan fingerprint density at radius 2 is 2.03 bits per heavy atom. The molecule has 1 fully saturated rings. The Kier molecular flexibility index (Phi) is 8.26. The second-order valence-corrected chi connectivity index (χ2v) is 9.81. The molecule has 1 atom stereocenters. The van der Waals surface area contributed by atoms with Gasteiger partial charge in [-0.05, 0) is 55.2 Å². The summed E-state index contributed by atoms with van der Waals surface area (Å²) in [5, 5.41) is 9.01. The van der Waals surface area contributed by atoms with Crippen LogP contribution in [0.15, 0.2) is 47.4 Å². The molecule has 0 saturated carbocycles. The molecule has 0 aliphatic carbocycles. The summed E-state index contributed by atoms with van der Waals surface area (Å²) in [5.74, 6) is -0.288. The van der Waals surface area contributed by atoms with E-state index in [1.807, 2.05) is 6.92 Å². The third-order valence-electron chi connectivity index (χ3n) is 5.23. The number of halogens is 1. The van der Waals surface area contributed by atoms with Crippen molar-refractivity contribution < 1.29 is 17.9 Å². The molecule has 7 nitrogen and oxygen atoms in total. The highest BCUT2D eigenvalue weighted by molar-refractivity contribution is 7.89. The van der Waals surface area contributed by atoms with E-state index in [1.54, 1.807) is 29.2 Å². The number of sulfonamides is 1. The van der Waals surface area contributed by atoms with Crippen molar-refractivity contribution >= 4 is 27.5 Å². The number of hydrogen-bond acceptors (Lipinski definition) is 5. The molecule has 1 heterocycles. The SMILES string of the molecule is CCCN(Cc1ccc(C#N)cc1)C(=O)c1ccc(Cl)c(S(=O)(=O)NCC2CCCO2)c1. The van der Waals surface area contributed by atoms with Crippen molar-refractivity contribution in [2.45, 2.75) is 43.7 Å². The molecular weight excluding hydrogens is 450 g/mol. The van der Waals surface area contributed by atoms with Crippen molar-refractivity contribution in [1.82, 2.24) is 9.62 Å². The van der Waals surface area contributed by atoms with Crippen molar-refractivity contribution in [3.63, 3.8) is 0 Å². The molecule has 2 aromatic rings. The van der Waals surface area contributed by atoms with Gasteiger partial charge in [-0.2, -0.15) is 5.26 Å². The van der Waals surface area contributed by atoms with Crippen LogP contribution in [0.4, 0.5) is 0 Å². The van der Waals surface area contributed by atoms with Crippen LogP contribution in [0.3, 0.4) is 0 Å². The Bertz CT molecular complexity index is 1090. The van der Waals surface area contributed by atoms with E-state index in [2.05, 4.69) is 10.8 Å². The highest BCUT2D eigenvalue weighted by Gasteiger charge is 2.24. The lowest BCUT2D eigenvalue weighted by molar-refractivity contribution is 0.0743. The maximum Gasteiger partial charge on any atom is 0.254 e. The van der Waals surface area contributed by atoms with Crippen molar-refractivity contribution in [3.8, 4) is 6.07 Å². The Morgan fingerprint density at radius 3 is 2.66 bits per heavy atom. The fourth-order valence-electron chi connectivity index (χ4n) is 3.54. The van der Waals surface area contributed by atoms with Crippen LogP contribution in [0, 0.1) is 11.3 Å². The molecule has 3 rings (SSSR count). The first kappa shape index (κ1) is 24.2. The van der Waals surface area contributed by atoms with Crippen molar-refractivity contribution in [3.05, 3.63) is 64.2 Å². The molecule has 2 aromatic carbocycles. The fraction of sp³-hybridized carbons (Fsp3) is 0.391. The zero-order chi connectivity index (χ0) is 23.1. The number of nitriles is 1. The summed E-state index contributed by atoms with van der Waals surface area (Å²) in [6.45, 7) is 3.61. The van der Waals surface area contributed by atoms with Gasteiger partial charge >= 0.3 is 0 Å². The van der Waals surface area contributed by atoms with Gasteiger partial charge in [0.05, 0.1) is 22.8 Å². The Hall–Kier alpha value is -2.44. The molecule has 1 amide bonds. The van der Waals surface area contributed by atoms with Gasteiger partial charge in [0.1, 0.15) is 4.90 Å². The maximum absolute atomic E-state index is 13.2. The van der Waals surface area contributed by atoms with Crippen LogP contribution in [0.2, 0.25) is 5.02 Å². The van der Waals surface area contributed by atoms with E-state index in [1.165, 1.54) is 18.2 Å². The van der Waals surface area contributed by atoms with Crippen LogP contribution in [-0.2, 0) is 21.3 Å². The molecule has 1 N–H and O–H groups in total. The molecule has 1 aliphatic heterocycles. The zero-order valence-electron chi connectivity index (χ0n) is 17.9. The van der Waals surface area contributed by atoms with Gasteiger partial charge in [0, 0.05) is 31.8 Å². The molecule has 0 bridgehead atoms. The van der Waals surface area contributed by atoms with Crippen LogP contribution in [0.5, 0.6) is 0 Å². The van der Waals surface area contributed by atoms with Gasteiger partial charge in [0.15, 0.2) is 0 Å². The van der Waals surface area contributed by atoms with Gasteiger partial charge in [0.25, 0.3) is 5.91 Å². The molecule has 9 heteroatoms. The lowest BCUT2D eigenvalue weighted by Crippen LogP contribution is -2.33. The third kappa shape index (κ3) is 6.08. The first-order valence-electron chi connectivity index (χ1n) is 10.5. The first-order valence-corrected chi connectivity index (χ1v) is 12.4. The number of amides is 1. The highest BCUT2D eigenvalue weighted by atomic mass is 35.5. The van der Waals surface area contributed by atoms with Gasteiger partial charge in [-0.15, -0.1) is 0 Å². The molecule has 170 valence electrons. The van der Waals surface area contributed by atoms with Crippen molar-refractivity contribution in [2.75, 3.05) is 19.7 Å². The quantitative estimate of drug-likeness (QED) is 0.595. The largest absolute Gasteiger partial charge is 0.377 e. The van der Waals surface area contributed by atoms with E-state index in [9.17, 15) is 13.2 Å². The molecule has 0 aromatic heterocycles. The van der Waals surface area contributed by atoms with E-state index < -0.39 is 10.0 Å². The average Bonchev–Trinajstić information content (AvgIpc) is 3.31. The molecule has 1 saturated heterocycles. The molecule has 0 radical (unpaired) electrons. The van der Waals surface area contributed by atoms with Crippen LogP contribution in [0.25, 0.3) is 0 Å². The summed E-state index contributed by atoms with van der Waals surface area (Å²) in [4.78, 5) is 14.7. The standard InChI is InChI=1S/C23H26ClN3O4S/c1-2-11-27(16-18-7-5-17(14-25)6-8-18)23(28)19-9-10-21(24)22(13-19)32(29,30)26-15-20-4-3-12-31-20/h5-10,13,20,26H,2-4,11-12,15-16H2,1H3. The van der Waals surface area contributed by atoms with E-state index in [0.717, 1.165) is 24.8 Å². The Labute approximate surface area is 194 Å². The van der Waals surface area contributed by atoms with E-state index in [-0.39, 0.29) is 34.0 Å². The number of hydrogen-bond donors (Lipinski definition) is 1. The summed E-state index contributed by atoms with van der Waals surface area (Å²) in [6, 6.07) is 13.4. The number of benzene rings is 2. The first-order chi connectivity index (χ1) is 15.3. The summed E-state index contributed by atoms with van der Waals surface area (Å²) >= 11 is 6.18. The predicted molar refractivity (Wildman–Crippen MR) is 122 cm³/mol. The van der Waals surface area contributed by atoms with Crippen LogP contribution < -0.4 is 4.72 Å². The maximum atomic E-state index is 13.2. The third-order valence-corrected chi connectivity index (χ3v) is 7.14. The molecular formula is C23H26ClN3O4S.